The molecule has 5 heteroatoms. The lowest BCUT2D eigenvalue weighted by Gasteiger charge is -2.17. The van der Waals surface area contributed by atoms with E-state index in [2.05, 4.69) is 4.74 Å². The van der Waals surface area contributed by atoms with E-state index in [1.54, 1.807) is 0 Å². The van der Waals surface area contributed by atoms with Crippen molar-refractivity contribution in [2.75, 3.05) is 26.6 Å². The summed E-state index contributed by atoms with van der Waals surface area (Å²) in [4.78, 5) is 0. The van der Waals surface area contributed by atoms with Crippen molar-refractivity contribution in [1.82, 2.24) is 0 Å². The van der Waals surface area contributed by atoms with Gasteiger partial charge in [-0.15, -0.1) is 0 Å². The van der Waals surface area contributed by atoms with Crippen molar-refractivity contribution in [2.24, 2.45) is 5.92 Å². The number of aliphatic hydroxyl groups excluding tert-OH is 4. The second-order valence-corrected chi connectivity index (χ2v) is 2.19. The highest BCUT2D eigenvalue weighted by molar-refractivity contribution is 4.65. The van der Waals surface area contributed by atoms with Gasteiger partial charge in [-0.2, -0.15) is 0 Å². The molecule has 0 fully saturated rings. The Balaban J connectivity index is 3.56. The summed E-state index contributed by atoms with van der Waals surface area (Å²) < 4.78 is 4.53. The van der Waals surface area contributed by atoms with E-state index in [-0.39, 0.29) is 13.2 Å². The lowest BCUT2D eigenvalue weighted by atomic mass is 10.1. The van der Waals surface area contributed by atoms with Crippen molar-refractivity contribution in [1.29, 1.82) is 0 Å². The fourth-order valence-corrected chi connectivity index (χ4v) is 0.639. The largest absolute Gasteiger partial charge is 0.396 e. The maximum atomic E-state index is 8.97. The molecule has 0 aliphatic rings. The maximum Gasteiger partial charge on any atom is 0.143 e. The van der Waals surface area contributed by atoms with Crippen LogP contribution in [0.15, 0.2) is 0 Å². The Kier molecular flexibility index (Phi) is 6.39. The minimum atomic E-state index is -0.994. The van der Waals surface area contributed by atoms with Crippen LogP contribution in [0.3, 0.4) is 0 Å². The van der Waals surface area contributed by atoms with Crippen LogP contribution in [0.5, 0.6) is 0 Å². The number of aliphatic hydroxyl groups is 4. The first kappa shape index (κ1) is 10.8. The molecule has 0 saturated heterocycles. The van der Waals surface area contributed by atoms with E-state index < -0.39 is 25.4 Å². The molecule has 0 aromatic carbocycles. The molecular weight excluding hydrogens is 152 g/mol. The maximum absolute atomic E-state index is 8.97. The highest BCUT2D eigenvalue weighted by Crippen LogP contribution is 2.02. The van der Waals surface area contributed by atoms with Gasteiger partial charge < -0.3 is 25.2 Å². The molecule has 0 amide bonds. The van der Waals surface area contributed by atoms with Crippen molar-refractivity contribution < 1.29 is 25.2 Å². The SMILES string of the molecule is OCOC[C@H](CO)[C@H](O)CO. The van der Waals surface area contributed by atoms with Gasteiger partial charge in [0.05, 0.1) is 25.9 Å². The number of ether oxygens (including phenoxy) is 1. The predicted molar refractivity (Wildman–Crippen MR) is 36.7 cm³/mol. The number of hydrogen-bond acceptors (Lipinski definition) is 5. The molecule has 0 bridgehead atoms. The first-order chi connectivity index (χ1) is 5.26. The van der Waals surface area contributed by atoms with Crippen molar-refractivity contribution in [3.05, 3.63) is 0 Å². The molecule has 0 aliphatic carbocycles. The summed E-state index contributed by atoms with van der Waals surface area (Å²) in [5.41, 5.74) is 0. The van der Waals surface area contributed by atoms with E-state index in [0.717, 1.165) is 0 Å². The Morgan fingerprint density at radius 2 is 1.73 bits per heavy atom. The van der Waals surface area contributed by atoms with E-state index in [4.69, 9.17) is 20.4 Å². The second kappa shape index (κ2) is 6.51. The van der Waals surface area contributed by atoms with Crippen LogP contribution < -0.4 is 0 Å². The van der Waals surface area contributed by atoms with E-state index in [0.29, 0.717) is 0 Å². The van der Waals surface area contributed by atoms with Crippen LogP contribution in [0.2, 0.25) is 0 Å². The summed E-state index contributed by atoms with van der Waals surface area (Å²) in [6, 6.07) is 0. The molecule has 0 rings (SSSR count). The molecule has 0 radical (unpaired) electrons. The Hall–Kier alpha value is -0.200. The van der Waals surface area contributed by atoms with Gasteiger partial charge in [0.1, 0.15) is 6.79 Å². The van der Waals surface area contributed by atoms with E-state index in [9.17, 15) is 0 Å². The van der Waals surface area contributed by atoms with Crippen LogP contribution in [0.25, 0.3) is 0 Å². The third-order valence-electron chi connectivity index (χ3n) is 1.39. The molecule has 2 atom stereocenters. The molecule has 0 unspecified atom stereocenters. The lowest BCUT2D eigenvalue weighted by molar-refractivity contribution is -0.0629. The molecule has 5 nitrogen and oxygen atoms in total. The zero-order chi connectivity index (χ0) is 8.69. The average Bonchev–Trinajstić information content (AvgIpc) is 2.05. The lowest BCUT2D eigenvalue weighted by Crippen LogP contribution is -2.31. The zero-order valence-corrected chi connectivity index (χ0v) is 6.18. The van der Waals surface area contributed by atoms with Gasteiger partial charge in [-0.1, -0.05) is 0 Å². The van der Waals surface area contributed by atoms with Gasteiger partial charge >= 0.3 is 0 Å². The number of rotatable bonds is 6. The van der Waals surface area contributed by atoms with Crippen LogP contribution in [-0.4, -0.2) is 53.1 Å². The van der Waals surface area contributed by atoms with Crippen LogP contribution in [-0.2, 0) is 4.74 Å². The molecule has 0 aliphatic heterocycles. The average molecular weight is 166 g/mol. The number of hydrogen-bond donors (Lipinski definition) is 4. The van der Waals surface area contributed by atoms with Gasteiger partial charge in [0, 0.05) is 5.92 Å². The van der Waals surface area contributed by atoms with Gasteiger partial charge in [-0.05, 0) is 0 Å². The van der Waals surface area contributed by atoms with Gasteiger partial charge in [0.15, 0.2) is 0 Å². The highest BCUT2D eigenvalue weighted by atomic mass is 16.6. The first-order valence-electron chi connectivity index (χ1n) is 3.34. The summed E-state index contributed by atoms with van der Waals surface area (Å²) >= 11 is 0. The summed E-state index contributed by atoms with van der Waals surface area (Å²) in [5, 5.41) is 34.3. The van der Waals surface area contributed by atoms with Gasteiger partial charge in [0.25, 0.3) is 0 Å². The summed E-state index contributed by atoms with van der Waals surface area (Å²) in [5.74, 6) is -0.535. The van der Waals surface area contributed by atoms with E-state index in [1.807, 2.05) is 0 Å². The normalized spacial score (nSPS) is 16.4. The highest BCUT2D eigenvalue weighted by Gasteiger charge is 2.17. The first-order valence-corrected chi connectivity index (χ1v) is 3.34. The monoisotopic (exact) mass is 166 g/mol. The molecule has 11 heavy (non-hydrogen) atoms. The molecule has 0 spiro atoms. The van der Waals surface area contributed by atoms with Crippen LogP contribution in [0, 0.1) is 5.92 Å². The minimum Gasteiger partial charge on any atom is -0.396 e. The summed E-state index contributed by atoms with van der Waals surface area (Å²) in [7, 11) is 0. The smallest absolute Gasteiger partial charge is 0.143 e. The molecule has 4 N–H and O–H groups in total. The third-order valence-corrected chi connectivity index (χ3v) is 1.39. The quantitative estimate of drug-likeness (QED) is 0.340. The Labute approximate surface area is 64.9 Å². The van der Waals surface area contributed by atoms with E-state index >= 15 is 0 Å². The third kappa shape index (κ3) is 4.28. The van der Waals surface area contributed by atoms with Crippen molar-refractivity contribution in [3.8, 4) is 0 Å². The van der Waals surface area contributed by atoms with Crippen LogP contribution >= 0.6 is 0 Å². The molecular formula is C6H14O5. The molecule has 0 aromatic heterocycles. The predicted octanol–water partition coefficient (Wildman–Crippen LogP) is -2.09. The van der Waals surface area contributed by atoms with Gasteiger partial charge in [-0.3, -0.25) is 0 Å². The molecule has 0 saturated carbocycles. The Morgan fingerprint density at radius 1 is 1.09 bits per heavy atom. The van der Waals surface area contributed by atoms with Crippen molar-refractivity contribution in [2.45, 2.75) is 6.10 Å². The van der Waals surface area contributed by atoms with Crippen molar-refractivity contribution in [3.63, 3.8) is 0 Å². The fraction of sp³-hybridized carbons (Fsp3) is 1.00. The zero-order valence-electron chi connectivity index (χ0n) is 6.18. The molecule has 68 valence electrons. The van der Waals surface area contributed by atoms with Crippen LogP contribution in [0.1, 0.15) is 0 Å². The fourth-order valence-electron chi connectivity index (χ4n) is 0.639. The summed E-state index contributed by atoms with van der Waals surface area (Å²) in [6.07, 6.45) is -0.994. The topological polar surface area (TPSA) is 90.2 Å². The Bertz CT molecular complexity index is 87.0. The van der Waals surface area contributed by atoms with Gasteiger partial charge in [-0.25, -0.2) is 0 Å². The molecule has 0 heterocycles. The van der Waals surface area contributed by atoms with Gasteiger partial charge in [0.2, 0.25) is 0 Å². The molecule has 0 aromatic rings. The van der Waals surface area contributed by atoms with Crippen molar-refractivity contribution >= 4 is 0 Å². The van der Waals surface area contributed by atoms with Crippen LogP contribution in [0.4, 0.5) is 0 Å². The second-order valence-electron chi connectivity index (χ2n) is 2.19. The summed E-state index contributed by atoms with van der Waals surface area (Å²) in [6.45, 7) is -1.11. The van der Waals surface area contributed by atoms with E-state index in [1.165, 1.54) is 0 Å². The Morgan fingerprint density at radius 3 is 2.09 bits per heavy atom. The standard InChI is InChI=1S/C6H14O5/c7-1-5(3-11-4-9)6(10)2-8/h5-10H,1-4H2/t5-,6+/m0/s1. The minimum absolute atomic E-state index is 0.0364.